The van der Waals surface area contributed by atoms with Gasteiger partial charge in [0.2, 0.25) is 5.91 Å². The lowest BCUT2D eigenvalue weighted by Gasteiger charge is -2.49. The van der Waals surface area contributed by atoms with Crippen LogP contribution in [-0.4, -0.2) is 30.0 Å². The van der Waals surface area contributed by atoms with Crippen LogP contribution in [0.2, 0.25) is 0 Å². The number of aliphatic hydroxyl groups excluding tert-OH is 1. The number of halogens is 1. The Morgan fingerprint density at radius 2 is 1.70 bits per heavy atom. The number of hydrogen-bond donors (Lipinski definition) is 1. The predicted octanol–water partition coefficient (Wildman–Crippen LogP) is 4.69. The molecule has 30 heavy (non-hydrogen) atoms. The third-order valence-corrected chi connectivity index (χ3v) is 6.40. The van der Waals surface area contributed by atoms with Gasteiger partial charge in [0, 0.05) is 16.3 Å². The molecule has 1 N–H and O–H groups in total. The molecule has 1 fully saturated rings. The van der Waals surface area contributed by atoms with Crippen molar-refractivity contribution in [2.45, 2.75) is 17.0 Å². The molecule has 0 saturated carbocycles. The van der Waals surface area contributed by atoms with Gasteiger partial charge in [0.05, 0.1) is 25.2 Å². The number of benzene rings is 3. The molecular weight excluding hydrogens is 401 g/mol. The molecule has 1 saturated heterocycles. The fourth-order valence-corrected chi connectivity index (χ4v) is 4.64. The van der Waals surface area contributed by atoms with Gasteiger partial charge in [-0.2, -0.15) is 0 Å². The lowest BCUT2D eigenvalue weighted by atomic mass is 9.78. The highest BCUT2D eigenvalue weighted by molar-refractivity contribution is 7.99. The minimum atomic E-state index is -0.834. The fourth-order valence-electron chi connectivity index (χ4n) is 3.74. The van der Waals surface area contributed by atoms with E-state index in [-0.39, 0.29) is 17.8 Å². The Hall–Kier alpha value is -2.83. The summed E-state index contributed by atoms with van der Waals surface area (Å²) in [5.41, 5.74) is 1.74. The third-order valence-electron chi connectivity index (χ3n) is 5.28. The highest BCUT2D eigenvalue weighted by Gasteiger charge is 2.52. The Bertz CT molecular complexity index is 995. The molecule has 3 atom stereocenters. The molecule has 3 aromatic carbocycles. The number of carbonyl (C=O) groups is 1. The van der Waals surface area contributed by atoms with Gasteiger partial charge in [-0.1, -0.05) is 30.3 Å². The van der Waals surface area contributed by atoms with E-state index in [0.29, 0.717) is 5.75 Å². The topological polar surface area (TPSA) is 49.8 Å². The smallest absolute Gasteiger partial charge is 0.235 e. The molecule has 154 valence electrons. The number of anilines is 1. The van der Waals surface area contributed by atoms with Gasteiger partial charge in [0.25, 0.3) is 0 Å². The van der Waals surface area contributed by atoms with Crippen molar-refractivity contribution in [1.29, 1.82) is 0 Å². The number of para-hydroxylation sites is 1. The minimum Gasteiger partial charge on any atom is -0.497 e. The number of rotatable bonds is 7. The first-order chi connectivity index (χ1) is 14.6. The number of β-lactam (4-membered cyclic amide) rings is 1. The molecule has 0 spiro atoms. The largest absolute Gasteiger partial charge is 0.497 e. The molecule has 4 nitrogen and oxygen atoms in total. The van der Waals surface area contributed by atoms with Crippen molar-refractivity contribution in [1.82, 2.24) is 0 Å². The molecule has 4 rings (SSSR count). The average Bonchev–Trinajstić information content (AvgIpc) is 2.78. The highest BCUT2D eigenvalue weighted by atomic mass is 32.2. The summed E-state index contributed by atoms with van der Waals surface area (Å²) >= 11 is 1.41. The van der Waals surface area contributed by atoms with Crippen LogP contribution >= 0.6 is 11.8 Å². The maximum absolute atomic E-state index is 13.1. The third kappa shape index (κ3) is 4.06. The van der Waals surface area contributed by atoms with Crippen molar-refractivity contribution < 1.29 is 19.0 Å². The van der Waals surface area contributed by atoms with Gasteiger partial charge in [-0.05, 0) is 54.1 Å². The number of nitrogens with zero attached hydrogens (tertiary/aromatic N) is 1. The van der Waals surface area contributed by atoms with E-state index in [2.05, 4.69) is 0 Å². The average molecular weight is 424 g/mol. The second kappa shape index (κ2) is 8.90. The van der Waals surface area contributed by atoms with Crippen molar-refractivity contribution in [2.75, 3.05) is 17.8 Å². The number of methoxy groups -OCH3 is 1. The second-order valence-corrected chi connectivity index (χ2v) is 8.21. The van der Waals surface area contributed by atoms with Crippen LogP contribution in [-0.2, 0) is 4.79 Å². The summed E-state index contributed by atoms with van der Waals surface area (Å²) in [6, 6.07) is 22.9. The Labute approximate surface area is 179 Å². The van der Waals surface area contributed by atoms with Gasteiger partial charge in [0.1, 0.15) is 11.6 Å². The number of ether oxygens (including phenoxy) is 1. The van der Waals surface area contributed by atoms with Crippen LogP contribution in [0, 0.1) is 11.7 Å². The van der Waals surface area contributed by atoms with Crippen molar-refractivity contribution >= 4 is 23.4 Å². The number of aliphatic hydroxyl groups is 1. The molecule has 0 bridgehead atoms. The Kier molecular flexibility index (Phi) is 6.06. The fraction of sp³-hybridized carbons (Fsp3) is 0.208. The van der Waals surface area contributed by atoms with Gasteiger partial charge < -0.3 is 14.7 Å². The van der Waals surface area contributed by atoms with E-state index in [0.717, 1.165) is 21.9 Å². The second-order valence-electron chi connectivity index (χ2n) is 7.12. The van der Waals surface area contributed by atoms with Crippen LogP contribution in [0.1, 0.15) is 11.6 Å². The van der Waals surface area contributed by atoms with Crippen LogP contribution in [0.3, 0.4) is 0 Å². The molecule has 6 heteroatoms. The molecule has 0 radical (unpaired) electrons. The van der Waals surface area contributed by atoms with E-state index < -0.39 is 12.0 Å². The first kappa shape index (κ1) is 20.4. The van der Waals surface area contributed by atoms with E-state index >= 15 is 0 Å². The molecule has 1 heterocycles. The molecule has 2 unspecified atom stereocenters. The van der Waals surface area contributed by atoms with Gasteiger partial charge >= 0.3 is 0 Å². The number of carbonyl (C=O) groups excluding carboxylic acids is 1. The van der Waals surface area contributed by atoms with Crippen molar-refractivity contribution in [2.24, 2.45) is 5.92 Å². The van der Waals surface area contributed by atoms with Crippen LogP contribution in [0.5, 0.6) is 5.75 Å². The summed E-state index contributed by atoms with van der Waals surface area (Å²) in [7, 11) is 1.61. The SMILES string of the molecule is COc1ccc(C2C([C@H](O)CSc3ccc(F)cc3)C(=O)N2c2ccccc2)cc1. The first-order valence-electron chi connectivity index (χ1n) is 9.67. The normalized spacial score (nSPS) is 19.3. The summed E-state index contributed by atoms with van der Waals surface area (Å²) in [6.07, 6.45) is -0.834. The van der Waals surface area contributed by atoms with Crippen molar-refractivity contribution in [3.05, 3.63) is 90.2 Å². The van der Waals surface area contributed by atoms with Gasteiger partial charge in [0.15, 0.2) is 0 Å². The first-order valence-corrected chi connectivity index (χ1v) is 10.7. The highest BCUT2D eigenvalue weighted by Crippen LogP contribution is 2.46. The van der Waals surface area contributed by atoms with E-state index in [9.17, 15) is 14.3 Å². The van der Waals surface area contributed by atoms with E-state index in [4.69, 9.17) is 4.74 Å². The predicted molar refractivity (Wildman–Crippen MR) is 116 cm³/mol. The maximum atomic E-state index is 13.1. The van der Waals surface area contributed by atoms with E-state index in [1.165, 1.54) is 23.9 Å². The quantitative estimate of drug-likeness (QED) is 0.442. The van der Waals surface area contributed by atoms with Crippen LogP contribution < -0.4 is 9.64 Å². The van der Waals surface area contributed by atoms with Gasteiger partial charge in [-0.25, -0.2) is 4.39 Å². The zero-order valence-electron chi connectivity index (χ0n) is 16.4. The minimum absolute atomic E-state index is 0.103. The molecule has 0 aromatic heterocycles. The molecular formula is C24H22FNO3S. The van der Waals surface area contributed by atoms with Gasteiger partial charge in [-0.15, -0.1) is 11.8 Å². The Balaban J connectivity index is 1.56. The lowest BCUT2D eigenvalue weighted by Crippen LogP contribution is -2.60. The van der Waals surface area contributed by atoms with Crippen LogP contribution in [0.15, 0.2) is 83.8 Å². The standard InChI is InChI=1S/C24H22FNO3S/c1-29-19-11-7-16(8-12-19)23-22(24(28)26(23)18-5-3-2-4-6-18)21(27)15-30-20-13-9-17(25)10-14-20/h2-14,21-23,27H,15H2,1H3/t21-,22?,23?/m1/s1. The molecule has 3 aromatic rings. The molecule has 1 amide bonds. The van der Waals surface area contributed by atoms with E-state index in [1.54, 1.807) is 24.1 Å². The molecule has 1 aliphatic rings. The number of amides is 1. The Morgan fingerprint density at radius 1 is 1.03 bits per heavy atom. The summed E-state index contributed by atoms with van der Waals surface area (Å²) < 4.78 is 18.4. The lowest BCUT2D eigenvalue weighted by molar-refractivity contribution is -0.135. The Morgan fingerprint density at radius 3 is 2.33 bits per heavy atom. The molecule has 1 aliphatic heterocycles. The van der Waals surface area contributed by atoms with Crippen molar-refractivity contribution in [3.8, 4) is 5.75 Å². The van der Waals surface area contributed by atoms with Crippen LogP contribution in [0.25, 0.3) is 0 Å². The molecule has 0 aliphatic carbocycles. The van der Waals surface area contributed by atoms with E-state index in [1.807, 2.05) is 54.6 Å². The number of thioether (sulfide) groups is 1. The maximum Gasteiger partial charge on any atom is 0.235 e. The van der Waals surface area contributed by atoms with Crippen molar-refractivity contribution in [3.63, 3.8) is 0 Å². The summed E-state index contributed by atoms with van der Waals surface area (Å²) in [5, 5.41) is 10.9. The van der Waals surface area contributed by atoms with Crippen LogP contribution in [0.4, 0.5) is 10.1 Å². The summed E-state index contributed by atoms with van der Waals surface area (Å²) in [4.78, 5) is 15.6. The number of hydrogen-bond acceptors (Lipinski definition) is 4. The summed E-state index contributed by atoms with van der Waals surface area (Å²) in [5.74, 6) is 0.129. The monoisotopic (exact) mass is 423 g/mol. The van der Waals surface area contributed by atoms with Gasteiger partial charge in [-0.3, -0.25) is 4.79 Å². The zero-order valence-corrected chi connectivity index (χ0v) is 17.3. The summed E-state index contributed by atoms with van der Waals surface area (Å²) in [6.45, 7) is 0. The zero-order chi connectivity index (χ0) is 21.1.